The molecule has 0 heterocycles. The first-order chi connectivity index (χ1) is 8.47. The molecule has 1 atom stereocenters. The van der Waals surface area contributed by atoms with Crippen molar-refractivity contribution in [3.63, 3.8) is 0 Å². The van der Waals surface area contributed by atoms with Gasteiger partial charge in [0, 0.05) is 6.04 Å². The van der Waals surface area contributed by atoms with Gasteiger partial charge in [0.25, 0.3) is 0 Å². The molecule has 1 saturated carbocycles. The summed E-state index contributed by atoms with van der Waals surface area (Å²) in [6, 6.07) is 5.55. The second kappa shape index (κ2) is 5.08. The van der Waals surface area contributed by atoms with Gasteiger partial charge in [0.15, 0.2) is 0 Å². The van der Waals surface area contributed by atoms with Crippen LogP contribution in [0.5, 0.6) is 0 Å². The molecule has 0 amide bonds. The largest absolute Gasteiger partial charge is 0.467 e. The number of ether oxygens (including phenoxy) is 1. The topological polar surface area (TPSA) is 38.3 Å². The number of hydrogen-bond donors (Lipinski definition) is 1. The van der Waals surface area contributed by atoms with Gasteiger partial charge in [0.2, 0.25) is 0 Å². The lowest BCUT2D eigenvalue weighted by Crippen LogP contribution is -2.48. The highest BCUT2D eigenvalue weighted by molar-refractivity contribution is 6.42. The fourth-order valence-corrected chi connectivity index (χ4v) is 2.21. The summed E-state index contributed by atoms with van der Waals surface area (Å²) in [5.41, 5.74) is -0.125. The Morgan fingerprint density at radius 3 is 2.56 bits per heavy atom. The average Bonchev–Trinajstić information content (AvgIpc) is 3.15. The third-order valence-corrected chi connectivity index (χ3v) is 3.90. The van der Waals surface area contributed by atoms with Crippen molar-refractivity contribution in [2.24, 2.45) is 0 Å². The number of methoxy groups -OCH3 is 1. The fourth-order valence-electron chi connectivity index (χ4n) is 1.91. The Kier molecular flexibility index (Phi) is 3.85. The number of nitrogens with one attached hydrogen (secondary N) is 1. The Bertz CT molecular complexity index is 474. The van der Waals surface area contributed by atoms with Crippen LogP contribution in [0.3, 0.4) is 0 Å². The molecule has 0 aliphatic heterocycles. The molecule has 1 aliphatic rings. The highest BCUT2D eigenvalue weighted by atomic mass is 35.5. The third kappa shape index (κ3) is 2.63. The second-order valence-electron chi connectivity index (χ2n) is 4.66. The number of carbonyl (C=O) groups excluding carboxylic acids is 1. The number of halogens is 2. The Morgan fingerprint density at radius 1 is 1.39 bits per heavy atom. The summed E-state index contributed by atoms with van der Waals surface area (Å²) < 4.78 is 4.89. The Morgan fingerprint density at radius 2 is 2.06 bits per heavy atom. The van der Waals surface area contributed by atoms with Crippen LogP contribution in [0.4, 0.5) is 0 Å². The SMILES string of the molecule is COC(=O)C(C)(NC1CC1)c1ccc(Cl)c(Cl)c1. The molecule has 0 spiro atoms. The Balaban J connectivity index is 2.37. The van der Waals surface area contributed by atoms with Gasteiger partial charge in [0.05, 0.1) is 17.2 Å². The van der Waals surface area contributed by atoms with Gasteiger partial charge in [-0.3, -0.25) is 5.32 Å². The Hall–Kier alpha value is -0.770. The van der Waals surface area contributed by atoms with Crippen molar-refractivity contribution in [2.45, 2.75) is 31.3 Å². The van der Waals surface area contributed by atoms with E-state index in [0.717, 1.165) is 18.4 Å². The van der Waals surface area contributed by atoms with Crippen LogP contribution in [0.1, 0.15) is 25.3 Å². The lowest BCUT2D eigenvalue weighted by Gasteiger charge is -2.29. The summed E-state index contributed by atoms with van der Waals surface area (Å²) in [4.78, 5) is 12.0. The highest BCUT2D eigenvalue weighted by Gasteiger charge is 2.41. The van der Waals surface area contributed by atoms with Crippen molar-refractivity contribution in [1.29, 1.82) is 0 Å². The summed E-state index contributed by atoms with van der Waals surface area (Å²) in [6.45, 7) is 1.80. The standard InChI is InChI=1S/C13H15Cl2NO2/c1-13(12(17)18-2,16-9-4-5-9)8-3-6-10(14)11(15)7-8/h3,6-7,9,16H,4-5H2,1-2H3. The number of hydrogen-bond acceptors (Lipinski definition) is 3. The molecule has 1 unspecified atom stereocenters. The van der Waals surface area contributed by atoms with Gasteiger partial charge in [-0.1, -0.05) is 29.3 Å². The highest BCUT2D eigenvalue weighted by Crippen LogP contribution is 2.32. The molecular formula is C13H15Cl2NO2. The molecule has 1 aromatic carbocycles. The zero-order valence-corrected chi connectivity index (χ0v) is 11.8. The number of rotatable bonds is 4. The van der Waals surface area contributed by atoms with E-state index in [4.69, 9.17) is 27.9 Å². The van der Waals surface area contributed by atoms with Crippen molar-refractivity contribution in [2.75, 3.05) is 7.11 Å². The molecule has 1 fully saturated rings. The summed E-state index contributed by atoms with van der Waals surface area (Å²) in [5.74, 6) is -0.326. The lowest BCUT2D eigenvalue weighted by atomic mass is 9.92. The quantitative estimate of drug-likeness (QED) is 0.865. The maximum atomic E-state index is 12.0. The number of benzene rings is 1. The minimum Gasteiger partial charge on any atom is -0.467 e. The first-order valence-electron chi connectivity index (χ1n) is 5.79. The van der Waals surface area contributed by atoms with E-state index in [2.05, 4.69) is 5.32 Å². The summed E-state index contributed by atoms with van der Waals surface area (Å²) in [7, 11) is 1.38. The summed E-state index contributed by atoms with van der Waals surface area (Å²) in [5, 5.41) is 4.21. The van der Waals surface area contributed by atoms with Crippen LogP contribution in [0.25, 0.3) is 0 Å². The maximum Gasteiger partial charge on any atom is 0.330 e. The molecule has 1 aromatic rings. The zero-order chi connectivity index (χ0) is 13.3. The van der Waals surface area contributed by atoms with E-state index in [1.807, 2.05) is 0 Å². The predicted octanol–water partition coefficient (Wildman–Crippen LogP) is 3.13. The molecule has 2 rings (SSSR count). The van der Waals surface area contributed by atoms with Crippen molar-refractivity contribution >= 4 is 29.2 Å². The van der Waals surface area contributed by atoms with Crippen LogP contribution in [-0.2, 0) is 15.1 Å². The number of carbonyl (C=O) groups is 1. The zero-order valence-electron chi connectivity index (χ0n) is 10.3. The second-order valence-corrected chi connectivity index (χ2v) is 5.48. The first kappa shape index (κ1) is 13.7. The predicted molar refractivity (Wildman–Crippen MR) is 72.0 cm³/mol. The minimum absolute atomic E-state index is 0.326. The fraction of sp³-hybridized carbons (Fsp3) is 0.462. The van der Waals surface area contributed by atoms with E-state index in [1.54, 1.807) is 25.1 Å². The smallest absolute Gasteiger partial charge is 0.330 e. The van der Waals surface area contributed by atoms with Gasteiger partial charge in [0.1, 0.15) is 5.54 Å². The van der Waals surface area contributed by atoms with E-state index in [-0.39, 0.29) is 5.97 Å². The van der Waals surface area contributed by atoms with Crippen LogP contribution in [0.15, 0.2) is 18.2 Å². The number of esters is 1. The monoisotopic (exact) mass is 287 g/mol. The van der Waals surface area contributed by atoms with Gasteiger partial charge in [-0.15, -0.1) is 0 Å². The van der Waals surface area contributed by atoms with E-state index >= 15 is 0 Å². The molecule has 5 heteroatoms. The van der Waals surface area contributed by atoms with Crippen LogP contribution in [-0.4, -0.2) is 19.1 Å². The van der Waals surface area contributed by atoms with E-state index < -0.39 is 5.54 Å². The van der Waals surface area contributed by atoms with Crippen LogP contribution in [0.2, 0.25) is 10.0 Å². The molecule has 0 radical (unpaired) electrons. The molecule has 0 saturated heterocycles. The maximum absolute atomic E-state index is 12.0. The first-order valence-corrected chi connectivity index (χ1v) is 6.54. The average molecular weight is 288 g/mol. The third-order valence-electron chi connectivity index (χ3n) is 3.16. The van der Waals surface area contributed by atoms with Crippen molar-refractivity contribution < 1.29 is 9.53 Å². The van der Waals surface area contributed by atoms with Crippen LogP contribution in [0, 0.1) is 0 Å². The summed E-state index contributed by atoms with van der Waals surface area (Å²) in [6.07, 6.45) is 2.15. The molecule has 0 bridgehead atoms. The molecule has 1 N–H and O–H groups in total. The van der Waals surface area contributed by atoms with E-state index in [1.165, 1.54) is 7.11 Å². The van der Waals surface area contributed by atoms with E-state index in [9.17, 15) is 4.79 Å². The minimum atomic E-state index is -0.885. The van der Waals surface area contributed by atoms with Crippen LogP contribution < -0.4 is 5.32 Å². The van der Waals surface area contributed by atoms with Crippen LogP contribution >= 0.6 is 23.2 Å². The normalized spacial score (nSPS) is 18.2. The van der Waals surface area contributed by atoms with Gasteiger partial charge in [-0.2, -0.15) is 0 Å². The van der Waals surface area contributed by atoms with Crippen molar-refractivity contribution in [3.05, 3.63) is 33.8 Å². The van der Waals surface area contributed by atoms with Gasteiger partial charge >= 0.3 is 5.97 Å². The van der Waals surface area contributed by atoms with Gasteiger partial charge in [-0.05, 0) is 37.5 Å². The molecule has 18 heavy (non-hydrogen) atoms. The van der Waals surface area contributed by atoms with Gasteiger partial charge < -0.3 is 4.74 Å². The van der Waals surface area contributed by atoms with Crippen molar-refractivity contribution in [3.8, 4) is 0 Å². The molecule has 0 aromatic heterocycles. The van der Waals surface area contributed by atoms with Gasteiger partial charge in [-0.25, -0.2) is 4.79 Å². The molecule has 1 aliphatic carbocycles. The lowest BCUT2D eigenvalue weighted by molar-refractivity contribution is -0.148. The summed E-state index contributed by atoms with van der Waals surface area (Å²) >= 11 is 11.9. The molecule has 3 nitrogen and oxygen atoms in total. The van der Waals surface area contributed by atoms with Crippen molar-refractivity contribution in [1.82, 2.24) is 5.32 Å². The Labute approximate surface area is 116 Å². The molecule has 98 valence electrons. The van der Waals surface area contributed by atoms with E-state index in [0.29, 0.717) is 16.1 Å². The molecular weight excluding hydrogens is 273 g/mol.